The van der Waals surface area contributed by atoms with E-state index in [0.717, 1.165) is 0 Å². The lowest BCUT2D eigenvalue weighted by atomic mass is 10.2. The molecule has 1 N–H and O–H groups in total. The summed E-state index contributed by atoms with van der Waals surface area (Å²) in [6.45, 7) is 17.6. The molecule has 0 saturated heterocycles. The summed E-state index contributed by atoms with van der Waals surface area (Å²) < 4.78 is 14.7. The van der Waals surface area contributed by atoms with E-state index < -0.39 is 18.0 Å². The third-order valence-corrected chi connectivity index (χ3v) is 3.01. The van der Waals surface area contributed by atoms with E-state index in [2.05, 4.69) is 13.2 Å². The molecule has 0 heterocycles. The Morgan fingerprint density at radius 2 is 1.33 bits per heavy atom. The van der Waals surface area contributed by atoms with Crippen LogP contribution in [0, 0.1) is 5.92 Å². The van der Waals surface area contributed by atoms with Gasteiger partial charge in [0.25, 0.3) is 0 Å². The van der Waals surface area contributed by atoms with Crippen LogP contribution in [0.2, 0.25) is 0 Å². The van der Waals surface area contributed by atoms with Gasteiger partial charge in [-0.15, -0.1) is 0 Å². The summed E-state index contributed by atoms with van der Waals surface area (Å²) in [7, 11) is 0. The number of carbonyl (C=O) groups is 3. The van der Waals surface area contributed by atoms with Crippen LogP contribution >= 0.6 is 0 Å². The van der Waals surface area contributed by atoms with Gasteiger partial charge in [0.2, 0.25) is 0 Å². The van der Waals surface area contributed by atoms with Crippen LogP contribution in [0.5, 0.6) is 0 Å². The van der Waals surface area contributed by atoms with Gasteiger partial charge in [0, 0.05) is 24.0 Å². The van der Waals surface area contributed by atoms with Crippen LogP contribution < -0.4 is 0 Å². The molecule has 0 fully saturated rings. The zero-order valence-electron chi connectivity index (χ0n) is 17.4. The Hall–Kier alpha value is -2.15. The van der Waals surface area contributed by atoms with E-state index in [0.29, 0.717) is 30.6 Å². The number of hydrogen-bond acceptors (Lipinski definition) is 7. The van der Waals surface area contributed by atoms with Crippen molar-refractivity contribution >= 4 is 17.9 Å². The van der Waals surface area contributed by atoms with Crippen LogP contribution in [0.4, 0.5) is 0 Å². The summed E-state index contributed by atoms with van der Waals surface area (Å²) in [4.78, 5) is 32.9. The molecule has 0 amide bonds. The molecule has 0 aromatic rings. The minimum Gasteiger partial charge on any atom is -0.465 e. The van der Waals surface area contributed by atoms with E-state index in [9.17, 15) is 14.4 Å². The van der Waals surface area contributed by atoms with Gasteiger partial charge in [-0.05, 0) is 27.7 Å². The normalized spacial score (nSPS) is 12.1. The fraction of sp³-hybridized carbons (Fsp3) is 0.650. The SMILES string of the molecule is C=C(C)C(=O)OCCC(C)OC(=O)C(=C)C.CC(O)CCOC(=O)C(C)C. The Balaban J connectivity index is 0. The molecule has 0 aliphatic rings. The topological polar surface area (TPSA) is 99.1 Å². The van der Waals surface area contributed by atoms with Crippen molar-refractivity contribution in [1.29, 1.82) is 0 Å². The molecule has 0 aliphatic heterocycles. The monoisotopic (exact) mass is 386 g/mol. The summed E-state index contributed by atoms with van der Waals surface area (Å²) >= 11 is 0. The molecule has 7 heteroatoms. The van der Waals surface area contributed by atoms with E-state index in [1.807, 2.05) is 0 Å². The average Bonchev–Trinajstić information content (AvgIpc) is 2.54. The summed E-state index contributed by atoms with van der Waals surface area (Å²) in [5.74, 6) is -1.15. The molecule has 0 aromatic carbocycles. The predicted molar refractivity (Wildman–Crippen MR) is 103 cm³/mol. The minimum absolute atomic E-state index is 0.0796. The lowest BCUT2D eigenvalue weighted by molar-refractivity contribution is -0.148. The van der Waals surface area contributed by atoms with Crippen molar-refractivity contribution in [2.24, 2.45) is 5.92 Å². The van der Waals surface area contributed by atoms with Gasteiger partial charge in [-0.3, -0.25) is 4.79 Å². The van der Waals surface area contributed by atoms with E-state index in [4.69, 9.17) is 19.3 Å². The van der Waals surface area contributed by atoms with Crippen molar-refractivity contribution in [3.8, 4) is 0 Å². The summed E-state index contributed by atoms with van der Waals surface area (Å²) in [6.07, 6.45) is 0.272. The summed E-state index contributed by atoms with van der Waals surface area (Å²) in [5.41, 5.74) is 0.706. The lowest BCUT2D eigenvalue weighted by Crippen LogP contribution is -2.18. The first-order valence-electron chi connectivity index (χ1n) is 8.92. The maximum atomic E-state index is 11.1. The Morgan fingerprint density at radius 1 is 0.852 bits per heavy atom. The van der Waals surface area contributed by atoms with E-state index in [1.54, 1.807) is 41.5 Å². The van der Waals surface area contributed by atoms with Gasteiger partial charge >= 0.3 is 17.9 Å². The summed E-state index contributed by atoms with van der Waals surface area (Å²) in [6, 6.07) is 0. The molecular formula is C20H34O7. The molecule has 0 saturated carbocycles. The van der Waals surface area contributed by atoms with Crippen LogP contribution in [0.3, 0.4) is 0 Å². The van der Waals surface area contributed by atoms with E-state index in [1.165, 1.54) is 0 Å². The number of rotatable bonds is 10. The molecule has 7 nitrogen and oxygen atoms in total. The third-order valence-electron chi connectivity index (χ3n) is 3.01. The minimum atomic E-state index is -0.432. The lowest BCUT2D eigenvalue weighted by Gasteiger charge is -2.13. The Bertz CT molecular complexity index is 506. The molecule has 2 unspecified atom stereocenters. The highest BCUT2D eigenvalue weighted by Crippen LogP contribution is 2.03. The zero-order chi connectivity index (χ0) is 21.6. The van der Waals surface area contributed by atoms with Gasteiger partial charge in [-0.2, -0.15) is 0 Å². The molecule has 0 aliphatic carbocycles. The number of ether oxygens (including phenoxy) is 3. The van der Waals surface area contributed by atoms with Gasteiger partial charge in [0.15, 0.2) is 0 Å². The molecule has 0 radical (unpaired) electrons. The molecule has 0 rings (SSSR count). The van der Waals surface area contributed by atoms with Crippen LogP contribution in [0.15, 0.2) is 24.3 Å². The molecule has 0 bridgehead atoms. The first-order valence-corrected chi connectivity index (χ1v) is 8.92. The van der Waals surface area contributed by atoms with Crippen LogP contribution in [-0.2, 0) is 28.6 Å². The zero-order valence-corrected chi connectivity index (χ0v) is 17.4. The van der Waals surface area contributed by atoms with Crippen molar-refractivity contribution in [2.75, 3.05) is 13.2 Å². The molecule has 156 valence electrons. The Labute approximate surface area is 162 Å². The predicted octanol–water partition coefficient (Wildman–Crippen LogP) is 2.96. The second-order valence-electron chi connectivity index (χ2n) is 6.66. The van der Waals surface area contributed by atoms with Gasteiger partial charge in [-0.1, -0.05) is 27.0 Å². The van der Waals surface area contributed by atoms with Crippen molar-refractivity contribution in [3.63, 3.8) is 0 Å². The number of aliphatic hydroxyl groups excluding tert-OH is 1. The summed E-state index contributed by atoms with van der Waals surface area (Å²) in [5, 5.41) is 8.81. The van der Waals surface area contributed by atoms with E-state index in [-0.39, 0.29) is 24.6 Å². The smallest absolute Gasteiger partial charge is 0.333 e. The highest BCUT2D eigenvalue weighted by Gasteiger charge is 2.11. The number of hydrogen-bond donors (Lipinski definition) is 1. The third kappa shape index (κ3) is 17.0. The van der Waals surface area contributed by atoms with Crippen molar-refractivity contribution < 1.29 is 33.7 Å². The van der Waals surface area contributed by atoms with Crippen molar-refractivity contribution in [3.05, 3.63) is 24.3 Å². The molecule has 0 aromatic heterocycles. The molecule has 0 spiro atoms. The molecule has 27 heavy (non-hydrogen) atoms. The fourth-order valence-electron chi connectivity index (χ4n) is 1.28. The Kier molecular flexibility index (Phi) is 15.0. The van der Waals surface area contributed by atoms with Gasteiger partial charge in [-0.25, -0.2) is 9.59 Å². The first-order chi connectivity index (χ1) is 12.4. The van der Waals surface area contributed by atoms with Gasteiger partial charge in [0.05, 0.1) is 25.2 Å². The van der Waals surface area contributed by atoms with Gasteiger partial charge < -0.3 is 19.3 Å². The van der Waals surface area contributed by atoms with Crippen LogP contribution in [-0.4, -0.2) is 48.4 Å². The number of aliphatic hydroxyl groups is 1. The van der Waals surface area contributed by atoms with Crippen LogP contribution in [0.1, 0.15) is 54.4 Å². The van der Waals surface area contributed by atoms with Crippen LogP contribution in [0.25, 0.3) is 0 Å². The van der Waals surface area contributed by atoms with Crippen molar-refractivity contribution in [2.45, 2.75) is 66.6 Å². The van der Waals surface area contributed by atoms with E-state index >= 15 is 0 Å². The van der Waals surface area contributed by atoms with Crippen molar-refractivity contribution in [1.82, 2.24) is 0 Å². The maximum Gasteiger partial charge on any atom is 0.333 e. The molecule has 2 atom stereocenters. The quantitative estimate of drug-likeness (QED) is 0.350. The Morgan fingerprint density at radius 3 is 1.74 bits per heavy atom. The maximum absolute atomic E-state index is 11.1. The average molecular weight is 386 g/mol. The second kappa shape index (κ2) is 15.0. The first kappa shape index (κ1) is 27.1. The highest BCUT2D eigenvalue weighted by atomic mass is 16.6. The fourth-order valence-corrected chi connectivity index (χ4v) is 1.28. The molecular weight excluding hydrogens is 352 g/mol. The highest BCUT2D eigenvalue weighted by molar-refractivity contribution is 5.87. The standard InChI is InChI=1S/C12H18O4.C8H16O3/c1-8(2)11(13)15-7-6-10(5)16-12(14)9(3)4;1-6(2)8(10)11-5-4-7(3)9/h10H,1,3,6-7H2,2,4-5H3;6-7,9H,4-5H2,1-3H3. The largest absolute Gasteiger partial charge is 0.465 e. The second-order valence-corrected chi connectivity index (χ2v) is 6.66. The number of carbonyl (C=O) groups excluding carboxylic acids is 3. The van der Waals surface area contributed by atoms with Gasteiger partial charge in [0.1, 0.15) is 6.10 Å². The number of esters is 3.